The fraction of sp³-hybridized carbons (Fsp3) is 0.846. The zero-order valence-electron chi connectivity index (χ0n) is 11.5. The molecule has 0 bridgehead atoms. The number of amides is 2. The van der Waals surface area contributed by atoms with Gasteiger partial charge in [0.2, 0.25) is 11.8 Å². The van der Waals surface area contributed by atoms with Crippen molar-refractivity contribution in [1.82, 2.24) is 10.2 Å². The van der Waals surface area contributed by atoms with Crippen LogP contribution in [0.5, 0.6) is 0 Å². The van der Waals surface area contributed by atoms with Gasteiger partial charge in [-0.1, -0.05) is 13.8 Å². The predicted molar refractivity (Wildman–Crippen MR) is 68.7 cm³/mol. The van der Waals surface area contributed by atoms with E-state index in [2.05, 4.69) is 19.2 Å². The number of piperidine rings is 1. The summed E-state index contributed by atoms with van der Waals surface area (Å²) in [6, 6.07) is 0.122. The van der Waals surface area contributed by atoms with Crippen LogP contribution in [0.15, 0.2) is 0 Å². The Labute approximate surface area is 108 Å². The third-order valence-corrected chi connectivity index (χ3v) is 4.42. The van der Waals surface area contributed by atoms with Gasteiger partial charge in [0.1, 0.15) is 5.41 Å². The first-order valence-corrected chi connectivity index (χ1v) is 6.61. The summed E-state index contributed by atoms with van der Waals surface area (Å²) in [5, 5.41) is 2.61. The highest BCUT2D eigenvalue weighted by Gasteiger charge is 2.58. The molecular formula is C13H23N3O2. The van der Waals surface area contributed by atoms with Crippen molar-refractivity contribution in [3.63, 3.8) is 0 Å². The third-order valence-electron chi connectivity index (χ3n) is 4.42. The van der Waals surface area contributed by atoms with E-state index in [-0.39, 0.29) is 23.3 Å². The first-order valence-electron chi connectivity index (χ1n) is 6.61. The SMILES string of the molecule is CNC(=O)C1(C(=O)N2CCC(N)C(C)(C)C2)CC1. The van der Waals surface area contributed by atoms with Gasteiger partial charge < -0.3 is 16.0 Å². The largest absolute Gasteiger partial charge is 0.358 e. The molecule has 2 fully saturated rings. The van der Waals surface area contributed by atoms with Crippen LogP contribution >= 0.6 is 0 Å². The highest BCUT2D eigenvalue weighted by Crippen LogP contribution is 2.48. The summed E-state index contributed by atoms with van der Waals surface area (Å²) in [4.78, 5) is 26.1. The maximum absolute atomic E-state index is 12.5. The van der Waals surface area contributed by atoms with Gasteiger partial charge in [-0.05, 0) is 24.7 Å². The Morgan fingerprint density at radius 1 is 1.33 bits per heavy atom. The lowest BCUT2D eigenvalue weighted by atomic mass is 9.79. The minimum atomic E-state index is -0.772. The highest BCUT2D eigenvalue weighted by molar-refractivity contribution is 6.07. The number of rotatable bonds is 2. The van der Waals surface area contributed by atoms with Crippen molar-refractivity contribution in [2.24, 2.45) is 16.6 Å². The van der Waals surface area contributed by atoms with Crippen molar-refractivity contribution >= 4 is 11.8 Å². The van der Waals surface area contributed by atoms with Crippen molar-refractivity contribution in [3.8, 4) is 0 Å². The van der Waals surface area contributed by atoms with Crippen LogP contribution in [0.2, 0.25) is 0 Å². The number of carbonyl (C=O) groups is 2. The quantitative estimate of drug-likeness (QED) is 0.685. The molecule has 2 rings (SSSR count). The molecule has 0 aromatic rings. The molecule has 1 aliphatic carbocycles. The summed E-state index contributed by atoms with van der Waals surface area (Å²) in [6.45, 7) is 5.47. The molecule has 3 N–H and O–H groups in total. The van der Waals surface area contributed by atoms with Crippen molar-refractivity contribution in [2.75, 3.05) is 20.1 Å². The van der Waals surface area contributed by atoms with Crippen molar-refractivity contribution in [1.29, 1.82) is 0 Å². The molecule has 2 aliphatic rings. The second kappa shape index (κ2) is 4.23. The monoisotopic (exact) mass is 253 g/mol. The Kier molecular flexibility index (Phi) is 3.13. The molecule has 0 aromatic heterocycles. The van der Waals surface area contributed by atoms with Crippen molar-refractivity contribution in [3.05, 3.63) is 0 Å². The average Bonchev–Trinajstić information content (AvgIpc) is 3.12. The molecule has 1 unspecified atom stereocenters. The molecule has 1 aliphatic heterocycles. The van der Waals surface area contributed by atoms with Gasteiger partial charge in [0, 0.05) is 26.2 Å². The van der Waals surface area contributed by atoms with Crippen LogP contribution < -0.4 is 11.1 Å². The number of nitrogens with two attached hydrogens (primary N) is 1. The van der Waals surface area contributed by atoms with Crippen LogP contribution in [0.3, 0.4) is 0 Å². The Bertz CT molecular complexity index is 374. The number of hydrogen-bond acceptors (Lipinski definition) is 3. The van der Waals surface area contributed by atoms with Crippen molar-refractivity contribution < 1.29 is 9.59 Å². The van der Waals surface area contributed by atoms with E-state index in [1.807, 2.05) is 4.90 Å². The van der Waals surface area contributed by atoms with E-state index < -0.39 is 5.41 Å². The van der Waals surface area contributed by atoms with Gasteiger partial charge in [-0.15, -0.1) is 0 Å². The van der Waals surface area contributed by atoms with Crippen molar-refractivity contribution in [2.45, 2.75) is 39.2 Å². The Morgan fingerprint density at radius 2 is 1.94 bits per heavy atom. The summed E-state index contributed by atoms with van der Waals surface area (Å²) < 4.78 is 0. The molecule has 1 heterocycles. The fourth-order valence-electron chi connectivity index (χ4n) is 2.75. The Hall–Kier alpha value is -1.10. The summed E-state index contributed by atoms with van der Waals surface area (Å²) >= 11 is 0. The van der Waals surface area contributed by atoms with Gasteiger partial charge in [0.05, 0.1) is 0 Å². The van der Waals surface area contributed by atoms with Crippen LogP contribution in [0.25, 0.3) is 0 Å². The Balaban J connectivity index is 2.09. The topological polar surface area (TPSA) is 75.4 Å². The zero-order chi connectivity index (χ0) is 13.6. The minimum Gasteiger partial charge on any atom is -0.358 e. The number of likely N-dealkylation sites (tertiary alicyclic amines) is 1. The molecule has 0 radical (unpaired) electrons. The molecule has 1 saturated carbocycles. The summed E-state index contributed by atoms with van der Waals surface area (Å²) in [5.74, 6) is -0.151. The number of nitrogens with one attached hydrogen (secondary N) is 1. The molecular weight excluding hydrogens is 230 g/mol. The summed E-state index contributed by atoms with van der Waals surface area (Å²) in [6.07, 6.45) is 2.16. The maximum atomic E-state index is 12.5. The van der Waals surface area contributed by atoms with Crippen LogP contribution in [0.1, 0.15) is 33.1 Å². The Morgan fingerprint density at radius 3 is 2.39 bits per heavy atom. The lowest BCUT2D eigenvalue weighted by Crippen LogP contribution is -2.56. The smallest absolute Gasteiger partial charge is 0.238 e. The van der Waals surface area contributed by atoms with Crippen LogP contribution in [0, 0.1) is 10.8 Å². The predicted octanol–water partition coefficient (Wildman–Crippen LogP) is 0.0984. The second-order valence-corrected chi connectivity index (χ2v) is 6.27. The first-order chi connectivity index (χ1) is 8.33. The molecule has 102 valence electrons. The molecule has 0 aromatic carbocycles. The summed E-state index contributed by atoms with van der Waals surface area (Å²) in [5.41, 5.74) is 5.22. The first kappa shape index (κ1) is 13.3. The standard InChI is InChI=1S/C13H23N3O2/c1-12(2)8-16(7-4-9(12)14)11(18)13(5-6-13)10(17)15-3/h9H,4-8,14H2,1-3H3,(H,15,17). The lowest BCUT2D eigenvalue weighted by molar-refractivity contribution is -0.146. The number of carbonyl (C=O) groups excluding carboxylic acids is 2. The van der Waals surface area contributed by atoms with E-state index in [0.717, 1.165) is 6.42 Å². The van der Waals surface area contributed by atoms with E-state index in [4.69, 9.17) is 5.73 Å². The van der Waals surface area contributed by atoms with E-state index in [1.54, 1.807) is 7.05 Å². The second-order valence-electron chi connectivity index (χ2n) is 6.27. The van der Waals surface area contributed by atoms with Crippen LogP contribution in [0.4, 0.5) is 0 Å². The van der Waals surface area contributed by atoms with Gasteiger partial charge in [-0.2, -0.15) is 0 Å². The number of hydrogen-bond donors (Lipinski definition) is 2. The van der Waals surface area contributed by atoms with Crippen LogP contribution in [-0.4, -0.2) is 42.9 Å². The number of nitrogens with zero attached hydrogens (tertiary/aromatic N) is 1. The highest BCUT2D eigenvalue weighted by atomic mass is 16.2. The third kappa shape index (κ3) is 2.00. The van der Waals surface area contributed by atoms with Gasteiger partial charge in [-0.3, -0.25) is 9.59 Å². The maximum Gasteiger partial charge on any atom is 0.238 e. The van der Waals surface area contributed by atoms with E-state index >= 15 is 0 Å². The molecule has 18 heavy (non-hydrogen) atoms. The van der Waals surface area contributed by atoms with Crippen LogP contribution in [-0.2, 0) is 9.59 Å². The van der Waals surface area contributed by atoms with Gasteiger partial charge in [-0.25, -0.2) is 0 Å². The minimum absolute atomic E-state index is 0.0122. The fourth-order valence-corrected chi connectivity index (χ4v) is 2.75. The van der Waals surface area contributed by atoms with E-state index in [9.17, 15) is 9.59 Å². The lowest BCUT2D eigenvalue weighted by Gasteiger charge is -2.43. The molecule has 5 nitrogen and oxygen atoms in total. The zero-order valence-corrected chi connectivity index (χ0v) is 11.5. The molecule has 1 saturated heterocycles. The normalized spacial score (nSPS) is 28.7. The molecule has 5 heteroatoms. The molecule has 1 atom stereocenters. The van der Waals surface area contributed by atoms with E-state index in [0.29, 0.717) is 25.9 Å². The van der Waals surface area contributed by atoms with Gasteiger partial charge in [0.25, 0.3) is 0 Å². The van der Waals surface area contributed by atoms with Gasteiger partial charge >= 0.3 is 0 Å². The summed E-state index contributed by atoms with van der Waals surface area (Å²) in [7, 11) is 1.59. The molecule has 0 spiro atoms. The molecule has 2 amide bonds. The average molecular weight is 253 g/mol. The van der Waals surface area contributed by atoms with E-state index in [1.165, 1.54) is 0 Å². The van der Waals surface area contributed by atoms with Gasteiger partial charge in [0.15, 0.2) is 0 Å².